The number of amides is 2. The molecule has 8 heteroatoms. The first-order chi connectivity index (χ1) is 19.1. The Morgan fingerprint density at radius 2 is 1.93 bits per heavy atom. The number of aliphatic carboxylic acids is 1. The highest BCUT2D eigenvalue weighted by molar-refractivity contribution is 6.05. The number of ether oxygens (including phenoxy) is 1. The summed E-state index contributed by atoms with van der Waals surface area (Å²) < 4.78 is 6.69. The molecule has 3 fully saturated rings. The number of aliphatic hydroxyl groups is 1. The van der Waals surface area contributed by atoms with Crippen LogP contribution in [0.25, 0.3) is 0 Å². The van der Waals surface area contributed by atoms with E-state index in [2.05, 4.69) is 6.58 Å². The molecule has 2 unspecified atom stereocenters. The fourth-order valence-electron chi connectivity index (χ4n) is 7.43. The molecule has 3 saturated heterocycles. The van der Waals surface area contributed by atoms with Crippen LogP contribution in [0, 0.1) is 25.7 Å². The van der Waals surface area contributed by atoms with Crippen LogP contribution in [-0.2, 0) is 25.5 Å². The van der Waals surface area contributed by atoms with Gasteiger partial charge < -0.3 is 24.7 Å². The van der Waals surface area contributed by atoms with Crippen molar-refractivity contribution in [2.24, 2.45) is 11.8 Å². The first kappa shape index (κ1) is 28.1. The summed E-state index contributed by atoms with van der Waals surface area (Å²) in [5.41, 5.74) is 1.16. The lowest BCUT2D eigenvalue weighted by atomic mass is 9.65. The van der Waals surface area contributed by atoms with Crippen LogP contribution in [0.4, 0.5) is 5.69 Å². The molecule has 212 valence electrons. The van der Waals surface area contributed by atoms with Gasteiger partial charge in [-0.3, -0.25) is 14.4 Å². The molecule has 1 spiro atoms. The lowest BCUT2D eigenvalue weighted by molar-refractivity contribution is -0.157. The fraction of sp³-hybridized carbons (Fsp3) is 0.469. The van der Waals surface area contributed by atoms with Gasteiger partial charge >= 0.3 is 5.97 Å². The molecule has 3 aliphatic rings. The highest BCUT2D eigenvalue weighted by atomic mass is 16.5. The first-order valence-corrected chi connectivity index (χ1v) is 14.0. The topological polar surface area (TPSA) is 107 Å². The van der Waals surface area contributed by atoms with E-state index in [9.17, 15) is 24.6 Å². The van der Waals surface area contributed by atoms with E-state index in [0.717, 1.165) is 16.7 Å². The number of aliphatic hydroxyl groups excluding tert-OH is 1. The van der Waals surface area contributed by atoms with Crippen molar-refractivity contribution in [2.45, 2.75) is 69.7 Å². The number of carboxylic acids is 1. The molecule has 8 nitrogen and oxygen atoms in total. The summed E-state index contributed by atoms with van der Waals surface area (Å²) in [6.07, 6.45) is 3.24. The highest BCUT2D eigenvalue weighted by Crippen LogP contribution is 2.64. The zero-order chi connectivity index (χ0) is 28.8. The Labute approximate surface area is 235 Å². The van der Waals surface area contributed by atoms with Crippen molar-refractivity contribution in [3.8, 4) is 0 Å². The molecule has 40 heavy (non-hydrogen) atoms. The van der Waals surface area contributed by atoms with Crippen LogP contribution in [0.1, 0.15) is 42.9 Å². The van der Waals surface area contributed by atoms with Crippen LogP contribution in [0.3, 0.4) is 0 Å². The number of rotatable bonds is 10. The Hall–Kier alpha value is -3.49. The van der Waals surface area contributed by atoms with Gasteiger partial charge in [-0.1, -0.05) is 55.5 Å². The van der Waals surface area contributed by atoms with E-state index in [-0.39, 0.29) is 19.1 Å². The minimum atomic E-state index is -1.30. The molecule has 2 amide bonds. The van der Waals surface area contributed by atoms with Gasteiger partial charge in [-0.25, -0.2) is 0 Å². The molecule has 0 aromatic heterocycles. The fourth-order valence-corrected chi connectivity index (χ4v) is 7.43. The normalized spacial score (nSPS) is 29.4. The molecular formula is C32H38N2O6. The van der Waals surface area contributed by atoms with Crippen molar-refractivity contribution < 1.29 is 29.3 Å². The quantitative estimate of drug-likeness (QED) is 0.441. The molecule has 5 rings (SSSR count). The monoisotopic (exact) mass is 546 g/mol. The molecule has 2 aromatic rings. The summed E-state index contributed by atoms with van der Waals surface area (Å²) in [6, 6.07) is 13.5. The standard InChI is InChI=1S/C32H38N2O6/c1-5-16-33(24-17-20(3)12-13-21(24)4)29(37)27-32-15-14-31(6-2,40-32)26(30(38)39)25(32)28(36)34(27)23(19-35)18-22-10-8-7-9-11-22/h5,7-13,17,23,25-27,35H,1,6,14-16,18-19H2,2-4H3,(H,38,39)/t23-,25+,26-,27?,31+,32?/m1/s1. The number of benzene rings is 2. The summed E-state index contributed by atoms with van der Waals surface area (Å²) in [5, 5.41) is 21.0. The number of likely N-dealkylation sites (tertiary alicyclic amines) is 1. The van der Waals surface area contributed by atoms with Gasteiger partial charge in [-0.05, 0) is 62.3 Å². The van der Waals surface area contributed by atoms with Gasteiger partial charge in [0.15, 0.2) is 0 Å². The van der Waals surface area contributed by atoms with Crippen molar-refractivity contribution in [1.29, 1.82) is 0 Å². The summed E-state index contributed by atoms with van der Waals surface area (Å²) in [6.45, 7) is 9.45. The maximum Gasteiger partial charge on any atom is 0.310 e. The number of hydrogen-bond donors (Lipinski definition) is 2. The van der Waals surface area contributed by atoms with Gasteiger partial charge in [0.25, 0.3) is 5.91 Å². The third kappa shape index (κ3) is 4.16. The smallest absolute Gasteiger partial charge is 0.310 e. The van der Waals surface area contributed by atoms with Crippen LogP contribution in [-0.4, -0.2) is 69.3 Å². The van der Waals surface area contributed by atoms with Crippen LogP contribution in [0.15, 0.2) is 61.2 Å². The molecular weight excluding hydrogens is 508 g/mol. The molecule has 2 aromatic carbocycles. The van der Waals surface area contributed by atoms with E-state index >= 15 is 0 Å². The van der Waals surface area contributed by atoms with Gasteiger partial charge in [0.1, 0.15) is 17.6 Å². The third-order valence-corrected chi connectivity index (χ3v) is 9.27. The summed E-state index contributed by atoms with van der Waals surface area (Å²) in [5.74, 6) is -3.95. The van der Waals surface area contributed by atoms with Crippen molar-refractivity contribution in [3.63, 3.8) is 0 Å². The molecule has 0 aliphatic carbocycles. The van der Waals surface area contributed by atoms with Crippen LogP contribution in [0.2, 0.25) is 0 Å². The lowest BCUT2D eigenvalue weighted by Crippen LogP contribution is -2.59. The zero-order valence-corrected chi connectivity index (χ0v) is 23.4. The third-order valence-electron chi connectivity index (χ3n) is 9.27. The second-order valence-corrected chi connectivity index (χ2v) is 11.5. The maximum absolute atomic E-state index is 14.8. The zero-order valence-electron chi connectivity index (χ0n) is 23.4. The van der Waals surface area contributed by atoms with E-state index in [1.165, 1.54) is 4.90 Å². The number of fused-ring (bicyclic) bond motifs is 1. The van der Waals surface area contributed by atoms with E-state index < -0.39 is 47.0 Å². The highest BCUT2D eigenvalue weighted by Gasteiger charge is 2.79. The molecule has 6 atom stereocenters. The number of aryl methyl sites for hydroxylation is 2. The number of carboxylic acid groups (broad SMARTS) is 1. The van der Waals surface area contributed by atoms with Gasteiger partial charge in [-0.15, -0.1) is 6.58 Å². The first-order valence-electron chi connectivity index (χ1n) is 14.0. The van der Waals surface area contributed by atoms with Crippen LogP contribution >= 0.6 is 0 Å². The maximum atomic E-state index is 14.8. The lowest BCUT2D eigenvalue weighted by Gasteiger charge is -2.40. The number of carbonyl (C=O) groups is 3. The minimum Gasteiger partial charge on any atom is -0.481 e. The van der Waals surface area contributed by atoms with Crippen molar-refractivity contribution in [2.75, 3.05) is 18.1 Å². The number of hydrogen-bond acceptors (Lipinski definition) is 5. The Bertz CT molecular complexity index is 1330. The van der Waals surface area contributed by atoms with E-state index in [1.807, 2.05) is 69.3 Å². The van der Waals surface area contributed by atoms with E-state index in [1.54, 1.807) is 11.0 Å². The minimum absolute atomic E-state index is 0.201. The van der Waals surface area contributed by atoms with Crippen LogP contribution in [0.5, 0.6) is 0 Å². The Morgan fingerprint density at radius 3 is 2.55 bits per heavy atom. The predicted molar refractivity (Wildman–Crippen MR) is 151 cm³/mol. The SMILES string of the molecule is C=CCN(C(=O)C1N([C@@H](CO)Cc2ccccc2)C(=O)[C@@H]2[C@H](C(=O)O)[C@]3(CC)CCC12O3)c1cc(C)ccc1C. The molecule has 2 N–H and O–H groups in total. The second-order valence-electron chi connectivity index (χ2n) is 11.5. The molecule has 3 aliphatic heterocycles. The average molecular weight is 547 g/mol. The summed E-state index contributed by atoms with van der Waals surface area (Å²) in [4.78, 5) is 44.9. The average Bonchev–Trinajstić information content (AvgIpc) is 3.55. The number of carbonyl (C=O) groups excluding carboxylic acids is 2. The van der Waals surface area contributed by atoms with Gasteiger partial charge in [0.2, 0.25) is 5.91 Å². The molecule has 0 saturated carbocycles. The Morgan fingerprint density at radius 1 is 1.20 bits per heavy atom. The van der Waals surface area contributed by atoms with E-state index in [4.69, 9.17) is 4.74 Å². The van der Waals surface area contributed by atoms with Crippen molar-refractivity contribution in [3.05, 3.63) is 77.9 Å². The van der Waals surface area contributed by atoms with Gasteiger partial charge in [0, 0.05) is 12.2 Å². The number of nitrogens with zero attached hydrogens (tertiary/aromatic N) is 2. The molecule has 2 bridgehead atoms. The second kappa shape index (κ2) is 10.5. The molecule has 3 heterocycles. The summed E-state index contributed by atoms with van der Waals surface area (Å²) in [7, 11) is 0. The Balaban J connectivity index is 1.66. The van der Waals surface area contributed by atoms with Crippen LogP contribution < -0.4 is 4.90 Å². The van der Waals surface area contributed by atoms with Crippen molar-refractivity contribution >= 4 is 23.5 Å². The summed E-state index contributed by atoms with van der Waals surface area (Å²) >= 11 is 0. The Kier molecular flexibility index (Phi) is 7.35. The number of anilines is 1. The van der Waals surface area contributed by atoms with Crippen molar-refractivity contribution in [1.82, 2.24) is 4.90 Å². The molecule has 0 radical (unpaired) electrons. The predicted octanol–water partition coefficient (Wildman–Crippen LogP) is 3.67. The largest absolute Gasteiger partial charge is 0.481 e. The van der Waals surface area contributed by atoms with Gasteiger partial charge in [0.05, 0.1) is 24.2 Å². The van der Waals surface area contributed by atoms with E-state index in [0.29, 0.717) is 31.4 Å². The van der Waals surface area contributed by atoms with Gasteiger partial charge in [-0.2, -0.15) is 0 Å².